The van der Waals surface area contributed by atoms with Gasteiger partial charge in [0, 0.05) is 5.56 Å². The maximum atomic E-state index is 11.4. The van der Waals surface area contributed by atoms with Crippen molar-refractivity contribution in [3.05, 3.63) is 16.1 Å². The van der Waals surface area contributed by atoms with Crippen LogP contribution in [0.25, 0.3) is 10.4 Å². The summed E-state index contributed by atoms with van der Waals surface area (Å²) in [6.07, 6.45) is 3.70. The first-order valence-electron chi connectivity index (χ1n) is 5.03. The maximum absolute atomic E-state index is 11.4. The Morgan fingerprint density at radius 1 is 1.47 bits per heavy atom. The lowest BCUT2D eigenvalue weighted by atomic mass is 9.96. The van der Waals surface area contributed by atoms with Gasteiger partial charge in [-0.15, -0.1) is 28.2 Å². The van der Waals surface area contributed by atoms with Crippen molar-refractivity contribution >= 4 is 40.5 Å². The van der Waals surface area contributed by atoms with Gasteiger partial charge in [0.05, 0.1) is 19.7 Å². The number of fused-ring (bicyclic) bond motifs is 3. The summed E-state index contributed by atoms with van der Waals surface area (Å²) in [7, 11) is 0. The molecule has 0 atom stereocenters. The fourth-order valence-electron chi connectivity index (χ4n) is 2.06. The smallest absolute Gasteiger partial charge is 0.259 e. The minimum atomic E-state index is -0.326. The number of carbonyl (C=O) groups is 1. The van der Waals surface area contributed by atoms with E-state index in [9.17, 15) is 4.79 Å². The van der Waals surface area contributed by atoms with E-state index in [4.69, 9.17) is 5.73 Å². The molecule has 7 heteroatoms. The van der Waals surface area contributed by atoms with Gasteiger partial charge in [-0.2, -0.15) is 0 Å². The molecular formula is C10H9N3OS3. The zero-order chi connectivity index (χ0) is 12.0. The van der Waals surface area contributed by atoms with Crippen molar-refractivity contribution in [3.8, 4) is 10.4 Å². The molecule has 3 rings (SSSR count). The highest BCUT2D eigenvalue weighted by Crippen LogP contribution is 2.46. The van der Waals surface area contributed by atoms with Crippen LogP contribution in [-0.4, -0.2) is 21.7 Å². The Morgan fingerprint density at radius 2 is 2.29 bits per heavy atom. The van der Waals surface area contributed by atoms with E-state index in [0.717, 1.165) is 38.7 Å². The third-order valence-corrected chi connectivity index (χ3v) is 5.93. The molecule has 17 heavy (non-hydrogen) atoms. The largest absolute Gasteiger partial charge is 0.365 e. The normalized spacial score (nSPS) is 13.2. The third-order valence-electron chi connectivity index (χ3n) is 2.78. The van der Waals surface area contributed by atoms with Crippen molar-refractivity contribution in [1.82, 2.24) is 9.59 Å². The molecule has 0 saturated heterocycles. The van der Waals surface area contributed by atoms with Gasteiger partial charge in [0.2, 0.25) is 0 Å². The molecule has 1 aliphatic carbocycles. The molecule has 2 aromatic rings. The number of amides is 1. The van der Waals surface area contributed by atoms with Gasteiger partial charge < -0.3 is 5.73 Å². The van der Waals surface area contributed by atoms with Crippen LogP contribution < -0.4 is 5.73 Å². The highest BCUT2D eigenvalue weighted by molar-refractivity contribution is 8.00. The Kier molecular flexibility index (Phi) is 2.68. The Hall–Kier alpha value is -0.920. The van der Waals surface area contributed by atoms with E-state index in [1.54, 1.807) is 11.8 Å². The van der Waals surface area contributed by atoms with Crippen LogP contribution >= 0.6 is 34.6 Å². The highest BCUT2D eigenvalue weighted by Gasteiger charge is 2.29. The number of hydrogen-bond donors (Lipinski definition) is 1. The van der Waals surface area contributed by atoms with Gasteiger partial charge in [-0.25, -0.2) is 0 Å². The van der Waals surface area contributed by atoms with E-state index >= 15 is 0 Å². The Morgan fingerprint density at radius 3 is 3.00 bits per heavy atom. The molecule has 88 valence electrons. The lowest BCUT2D eigenvalue weighted by Crippen LogP contribution is -2.13. The molecular weight excluding hydrogens is 274 g/mol. The molecule has 1 aliphatic rings. The van der Waals surface area contributed by atoms with Gasteiger partial charge in [-0.1, -0.05) is 4.49 Å². The lowest BCUT2D eigenvalue weighted by Gasteiger charge is -2.11. The third kappa shape index (κ3) is 1.61. The van der Waals surface area contributed by atoms with Crippen LogP contribution in [0.1, 0.15) is 20.9 Å². The lowest BCUT2D eigenvalue weighted by molar-refractivity contribution is 0.100. The van der Waals surface area contributed by atoms with Crippen molar-refractivity contribution < 1.29 is 4.79 Å². The highest BCUT2D eigenvalue weighted by atomic mass is 32.2. The van der Waals surface area contributed by atoms with Gasteiger partial charge in [-0.3, -0.25) is 4.79 Å². The van der Waals surface area contributed by atoms with E-state index in [2.05, 4.69) is 9.59 Å². The molecule has 0 fully saturated rings. The van der Waals surface area contributed by atoms with Crippen LogP contribution in [0, 0.1) is 0 Å². The van der Waals surface area contributed by atoms with Crippen molar-refractivity contribution in [2.75, 3.05) is 6.26 Å². The van der Waals surface area contributed by atoms with E-state index in [-0.39, 0.29) is 5.91 Å². The summed E-state index contributed by atoms with van der Waals surface area (Å²) in [6, 6.07) is 0. The summed E-state index contributed by atoms with van der Waals surface area (Å²) in [5.74, 6) is -0.326. The van der Waals surface area contributed by atoms with Crippen molar-refractivity contribution in [2.45, 2.75) is 17.1 Å². The Balaban J connectivity index is 2.29. The van der Waals surface area contributed by atoms with E-state index in [0.29, 0.717) is 4.88 Å². The van der Waals surface area contributed by atoms with Crippen LogP contribution in [0.4, 0.5) is 0 Å². The molecule has 2 N–H and O–H groups in total. The number of rotatable bonds is 2. The molecule has 0 radical (unpaired) electrons. The summed E-state index contributed by atoms with van der Waals surface area (Å²) in [5.41, 5.74) is 8.72. The molecule has 0 aliphatic heterocycles. The molecule has 2 heterocycles. The van der Waals surface area contributed by atoms with E-state index < -0.39 is 0 Å². The number of thiophene rings is 1. The number of hydrogen-bond acceptors (Lipinski definition) is 6. The zero-order valence-electron chi connectivity index (χ0n) is 9.02. The molecule has 0 spiro atoms. The summed E-state index contributed by atoms with van der Waals surface area (Å²) in [5, 5.41) is 4.13. The number of thioether (sulfide) groups is 1. The first-order chi connectivity index (χ1) is 8.22. The first-order valence-corrected chi connectivity index (χ1v) is 7.85. The number of nitrogens with two attached hydrogens (primary N) is 1. The summed E-state index contributed by atoms with van der Waals surface area (Å²) in [4.78, 5) is 13.3. The standard InChI is InChI=1S/C10H9N3OS3/c1-15-10-6-4(7(16-10)9(11)14)2-3-5-8(6)17-13-12-5/h2-3H2,1H3,(H2,11,14). The van der Waals surface area contributed by atoms with Crippen molar-refractivity contribution in [3.63, 3.8) is 0 Å². The molecule has 0 bridgehead atoms. The van der Waals surface area contributed by atoms with Crippen LogP contribution in [0.5, 0.6) is 0 Å². The van der Waals surface area contributed by atoms with Gasteiger partial charge in [0.25, 0.3) is 5.91 Å². The fourth-order valence-corrected chi connectivity index (χ4v) is 4.93. The molecule has 1 amide bonds. The summed E-state index contributed by atoms with van der Waals surface area (Å²) < 4.78 is 5.14. The van der Waals surface area contributed by atoms with Gasteiger partial charge in [0.15, 0.2) is 0 Å². The SMILES string of the molecule is CSc1sc(C(N)=O)c2c1-c1snnc1CC2. The first kappa shape index (κ1) is 11.2. The monoisotopic (exact) mass is 283 g/mol. The number of carbonyl (C=O) groups excluding carboxylic acids is 1. The molecule has 0 saturated carbocycles. The Labute approximate surface area is 110 Å². The molecule has 4 nitrogen and oxygen atoms in total. The van der Waals surface area contributed by atoms with Gasteiger partial charge in [-0.05, 0) is 36.2 Å². The van der Waals surface area contributed by atoms with Gasteiger partial charge in [0.1, 0.15) is 0 Å². The molecule has 0 aromatic carbocycles. The number of aromatic nitrogens is 2. The quantitative estimate of drug-likeness (QED) is 0.858. The second kappa shape index (κ2) is 4.08. The summed E-state index contributed by atoms with van der Waals surface area (Å²) >= 11 is 4.54. The van der Waals surface area contributed by atoms with Crippen LogP contribution in [0.2, 0.25) is 0 Å². The van der Waals surface area contributed by atoms with Gasteiger partial charge >= 0.3 is 0 Å². The molecule has 2 aromatic heterocycles. The summed E-state index contributed by atoms with van der Waals surface area (Å²) in [6.45, 7) is 0. The average Bonchev–Trinajstić information content (AvgIpc) is 2.91. The number of primary amides is 1. The van der Waals surface area contributed by atoms with Crippen LogP contribution in [0.15, 0.2) is 4.21 Å². The maximum Gasteiger partial charge on any atom is 0.259 e. The topological polar surface area (TPSA) is 68.9 Å². The fraction of sp³-hybridized carbons (Fsp3) is 0.300. The second-order valence-electron chi connectivity index (χ2n) is 3.69. The van der Waals surface area contributed by atoms with E-state index in [1.807, 2.05) is 6.26 Å². The average molecular weight is 283 g/mol. The minimum absolute atomic E-state index is 0.326. The van der Waals surface area contributed by atoms with Crippen molar-refractivity contribution in [2.24, 2.45) is 5.73 Å². The van der Waals surface area contributed by atoms with E-state index in [1.165, 1.54) is 22.9 Å². The second-order valence-corrected chi connectivity index (χ2v) is 6.54. The number of nitrogens with zero attached hydrogens (tertiary/aromatic N) is 2. The Bertz CT molecular complexity index is 602. The predicted molar refractivity (Wildman–Crippen MR) is 70.9 cm³/mol. The minimum Gasteiger partial charge on any atom is -0.365 e. The molecule has 0 unspecified atom stereocenters. The zero-order valence-corrected chi connectivity index (χ0v) is 11.5. The van der Waals surface area contributed by atoms with Crippen LogP contribution in [0.3, 0.4) is 0 Å². The van der Waals surface area contributed by atoms with Crippen LogP contribution in [-0.2, 0) is 12.8 Å². The number of aryl methyl sites for hydroxylation is 1. The van der Waals surface area contributed by atoms with Crippen molar-refractivity contribution in [1.29, 1.82) is 0 Å². The predicted octanol–water partition coefficient (Wildman–Crippen LogP) is 2.19.